The number of carboxylic acid groups (broad SMARTS) is 1. The van der Waals surface area contributed by atoms with Crippen molar-refractivity contribution in [2.24, 2.45) is 0 Å². The van der Waals surface area contributed by atoms with Gasteiger partial charge < -0.3 is 5.11 Å². The largest absolute Gasteiger partial charge is 0.478 e. The van der Waals surface area contributed by atoms with Gasteiger partial charge in [0.05, 0.1) is 11.9 Å². The summed E-state index contributed by atoms with van der Waals surface area (Å²) in [6.07, 6.45) is 1.34. The number of aromatic carboxylic acids is 1. The van der Waals surface area contributed by atoms with Crippen LogP contribution in [0.2, 0.25) is 0 Å². The van der Waals surface area contributed by atoms with Gasteiger partial charge in [0, 0.05) is 0 Å². The number of aromatic nitrogens is 2. The lowest BCUT2D eigenvalue weighted by Gasteiger charge is -2.08. The van der Waals surface area contributed by atoms with Crippen LogP contribution in [0, 0.1) is 13.8 Å². The minimum atomic E-state index is -0.992. The van der Waals surface area contributed by atoms with E-state index in [1.807, 2.05) is 32.0 Å². The van der Waals surface area contributed by atoms with Crippen LogP contribution in [-0.2, 0) is 0 Å². The second-order valence-electron chi connectivity index (χ2n) is 3.86. The number of benzene rings is 1. The molecule has 0 aliphatic rings. The van der Waals surface area contributed by atoms with Crippen molar-refractivity contribution in [1.29, 1.82) is 0 Å². The highest BCUT2D eigenvalue weighted by Gasteiger charge is 2.16. The van der Waals surface area contributed by atoms with Crippen LogP contribution in [0.3, 0.4) is 0 Å². The lowest BCUT2D eigenvalue weighted by Crippen LogP contribution is -2.01. The number of aryl methyl sites for hydroxylation is 2. The van der Waals surface area contributed by atoms with Crippen molar-refractivity contribution in [3.8, 4) is 5.69 Å². The smallest absolute Gasteiger partial charge is 0.340 e. The molecule has 2 aromatic rings. The maximum Gasteiger partial charge on any atom is 0.340 e. The van der Waals surface area contributed by atoms with Gasteiger partial charge in [0.25, 0.3) is 0 Å². The molecule has 0 saturated heterocycles. The Labute approximate surface area is 107 Å². The summed E-state index contributed by atoms with van der Waals surface area (Å²) in [5.41, 5.74) is 3.18. The lowest BCUT2D eigenvalue weighted by atomic mass is 10.1. The summed E-state index contributed by atoms with van der Waals surface area (Å²) in [4.78, 5) is 10.9. The standard InChI is InChI=1S/C12H11BrN2O2/c1-7-3-4-8(2)10(5-7)15-11(13)9(6-14-15)12(16)17/h3-6H,1-2H3,(H,16,17). The van der Waals surface area contributed by atoms with Crippen molar-refractivity contribution in [3.05, 3.63) is 45.7 Å². The number of rotatable bonds is 2. The van der Waals surface area contributed by atoms with Crippen molar-refractivity contribution in [3.63, 3.8) is 0 Å². The molecule has 1 heterocycles. The monoisotopic (exact) mass is 294 g/mol. The quantitative estimate of drug-likeness (QED) is 0.926. The summed E-state index contributed by atoms with van der Waals surface area (Å²) < 4.78 is 2.05. The van der Waals surface area contributed by atoms with E-state index in [0.717, 1.165) is 16.8 Å². The fourth-order valence-electron chi connectivity index (χ4n) is 1.59. The maximum absolute atomic E-state index is 10.9. The zero-order valence-electron chi connectivity index (χ0n) is 9.44. The molecule has 0 saturated carbocycles. The second-order valence-corrected chi connectivity index (χ2v) is 4.61. The highest BCUT2D eigenvalue weighted by atomic mass is 79.9. The van der Waals surface area contributed by atoms with Gasteiger partial charge in [-0.05, 0) is 47.0 Å². The third-order valence-corrected chi connectivity index (χ3v) is 3.30. The SMILES string of the molecule is Cc1ccc(C)c(-n2ncc(C(=O)O)c2Br)c1. The lowest BCUT2D eigenvalue weighted by molar-refractivity contribution is 0.0696. The maximum atomic E-state index is 10.9. The molecule has 0 radical (unpaired) electrons. The Kier molecular flexibility index (Phi) is 3.02. The van der Waals surface area contributed by atoms with Crippen LogP contribution in [0.5, 0.6) is 0 Å². The van der Waals surface area contributed by atoms with Crippen molar-refractivity contribution in [1.82, 2.24) is 9.78 Å². The summed E-state index contributed by atoms with van der Waals surface area (Å²) >= 11 is 3.27. The van der Waals surface area contributed by atoms with Crippen LogP contribution < -0.4 is 0 Å². The van der Waals surface area contributed by atoms with E-state index in [4.69, 9.17) is 5.11 Å². The molecule has 0 unspecified atom stereocenters. The summed E-state index contributed by atoms with van der Waals surface area (Å²) in [7, 11) is 0. The van der Waals surface area contributed by atoms with Crippen LogP contribution in [0.25, 0.3) is 5.69 Å². The molecule has 0 aliphatic carbocycles. The van der Waals surface area contributed by atoms with Crippen molar-refractivity contribution in [2.45, 2.75) is 13.8 Å². The van der Waals surface area contributed by atoms with Gasteiger partial charge in [-0.15, -0.1) is 0 Å². The van der Waals surface area contributed by atoms with Crippen LogP contribution in [0.4, 0.5) is 0 Å². The zero-order valence-corrected chi connectivity index (χ0v) is 11.0. The van der Waals surface area contributed by atoms with E-state index in [1.165, 1.54) is 6.20 Å². The summed E-state index contributed by atoms with van der Waals surface area (Å²) in [5, 5.41) is 13.1. The van der Waals surface area contributed by atoms with E-state index in [-0.39, 0.29) is 5.56 Å². The minimum absolute atomic E-state index is 0.158. The molecule has 2 rings (SSSR count). The molecule has 0 spiro atoms. The molecular weight excluding hydrogens is 284 g/mol. The van der Waals surface area contributed by atoms with Crippen molar-refractivity contribution >= 4 is 21.9 Å². The molecule has 1 aromatic carbocycles. The van der Waals surface area contributed by atoms with E-state index in [2.05, 4.69) is 21.0 Å². The molecule has 0 fully saturated rings. The zero-order chi connectivity index (χ0) is 12.6. The third-order valence-electron chi connectivity index (χ3n) is 2.53. The van der Waals surface area contributed by atoms with Crippen LogP contribution in [0.15, 0.2) is 29.0 Å². The van der Waals surface area contributed by atoms with E-state index in [1.54, 1.807) is 4.68 Å². The Morgan fingerprint density at radius 3 is 2.71 bits per heavy atom. The van der Waals surface area contributed by atoms with E-state index >= 15 is 0 Å². The van der Waals surface area contributed by atoms with Crippen molar-refractivity contribution in [2.75, 3.05) is 0 Å². The first-order chi connectivity index (χ1) is 8.00. The fourth-order valence-corrected chi connectivity index (χ4v) is 2.15. The van der Waals surface area contributed by atoms with Crippen molar-refractivity contribution < 1.29 is 9.90 Å². The Hall–Kier alpha value is -1.62. The van der Waals surface area contributed by atoms with Gasteiger partial charge in [0.1, 0.15) is 10.2 Å². The molecule has 0 bridgehead atoms. The molecule has 0 amide bonds. The average Bonchev–Trinajstić information content (AvgIpc) is 2.64. The molecule has 4 nitrogen and oxygen atoms in total. The van der Waals surface area contributed by atoms with Gasteiger partial charge in [0.2, 0.25) is 0 Å². The molecular formula is C12H11BrN2O2. The molecule has 0 aliphatic heterocycles. The molecule has 1 N–H and O–H groups in total. The highest BCUT2D eigenvalue weighted by molar-refractivity contribution is 9.10. The fraction of sp³-hybridized carbons (Fsp3) is 0.167. The molecule has 0 atom stereocenters. The third kappa shape index (κ3) is 2.10. The first-order valence-corrected chi connectivity index (χ1v) is 5.84. The van der Waals surface area contributed by atoms with Gasteiger partial charge in [-0.25, -0.2) is 9.48 Å². The van der Waals surface area contributed by atoms with E-state index in [9.17, 15) is 4.79 Å². The molecule has 5 heteroatoms. The molecule has 17 heavy (non-hydrogen) atoms. The summed E-state index contributed by atoms with van der Waals surface area (Å²) in [5.74, 6) is -0.992. The number of nitrogens with zero attached hydrogens (tertiary/aromatic N) is 2. The average molecular weight is 295 g/mol. The van der Waals surface area contributed by atoms with Gasteiger partial charge in [-0.3, -0.25) is 0 Å². The van der Waals surface area contributed by atoms with Crippen LogP contribution in [-0.4, -0.2) is 20.9 Å². The van der Waals surface area contributed by atoms with E-state index < -0.39 is 5.97 Å². The highest BCUT2D eigenvalue weighted by Crippen LogP contribution is 2.23. The minimum Gasteiger partial charge on any atom is -0.478 e. The number of carbonyl (C=O) groups is 1. The predicted octanol–water partition coefficient (Wildman–Crippen LogP) is 2.95. The number of halogens is 1. The first-order valence-electron chi connectivity index (χ1n) is 5.05. The first kappa shape index (κ1) is 11.9. The molecule has 88 valence electrons. The topological polar surface area (TPSA) is 55.1 Å². The number of hydrogen-bond donors (Lipinski definition) is 1. The summed E-state index contributed by atoms with van der Waals surface area (Å²) in [6.45, 7) is 3.95. The normalized spacial score (nSPS) is 10.5. The molecule has 1 aromatic heterocycles. The van der Waals surface area contributed by atoms with Gasteiger partial charge in [-0.1, -0.05) is 12.1 Å². The van der Waals surface area contributed by atoms with Gasteiger partial charge in [0.15, 0.2) is 0 Å². The number of carboxylic acids is 1. The number of hydrogen-bond acceptors (Lipinski definition) is 2. The van der Waals surface area contributed by atoms with Gasteiger partial charge >= 0.3 is 5.97 Å². The Morgan fingerprint density at radius 2 is 2.12 bits per heavy atom. The second kappa shape index (κ2) is 4.33. The van der Waals surface area contributed by atoms with Gasteiger partial charge in [-0.2, -0.15) is 5.10 Å². The Bertz CT molecular complexity index is 590. The Morgan fingerprint density at radius 1 is 1.41 bits per heavy atom. The van der Waals surface area contributed by atoms with Crippen LogP contribution >= 0.6 is 15.9 Å². The Balaban J connectivity index is 2.61. The van der Waals surface area contributed by atoms with Crippen LogP contribution in [0.1, 0.15) is 21.5 Å². The summed E-state index contributed by atoms with van der Waals surface area (Å²) in [6, 6.07) is 5.96. The predicted molar refractivity (Wildman–Crippen MR) is 67.7 cm³/mol. The van der Waals surface area contributed by atoms with E-state index in [0.29, 0.717) is 4.60 Å².